The van der Waals surface area contributed by atoms with Crippen molar-refractivity contribution in [3.8, 4) is 0 Å². The Labute approximate surface area is 104 Å². The molecule has 92 valence electrons. The molecule has 2 saturated carbocycles. The van der Waals surface area contributed by atoms with Gasteiger partial charge < -0.3 is 5.73 Å². The predicted octanol–water partition coefficient (Wildman–Crippen LogP) is 3.74. The normalized spacial score (nSPS) is 33.0. The Bertz CT molecular complexity index is 391. The number of aryl methyl sites for hydroxylation is 2. The van der Waals surface area contributed by atoms with E-state index >= 15 is 0 Å². The van der Waals surface area contributed by atoms with Gasteiger partial charge in [-0.15, -0.1) is 0 Å². The molecule has 0 aromatic heterocycles. The van der Waals surface area contributed by atoms with Gasteiger partial charge in [0.1, 0.15) is 0 Å². The van der Waals surface area contributed by atoms with E-state index in [0.29, 0.717) is 0 Å². The van der Waals surface area contributed by atoms with Crippen LogP contribution in [0.1, 0.15) is 48.4 Å². The monoisotopic (exact) mass is 229 g/mol. The average molecular weight is 229 g/mol. The molecule has 0 bridgehead atoms. The Kier molecular flexibility index (Phi) is 2.74. The van der Waals surface area contributed by atoms with Gasteiger partial charge in [0.25, 0.3) is 0 Å². The van der Waals surface area contributed by atoms with Gasteiger partial charge in [0.05, 0.1) is 0 Å². The minimum Gasteiger partial charge on any atom is -0.324 e. The van der Waals surface area contributed by atoms with Crippen LogP contribution in [0.25, 0.3) is 0 Å². The summed E-state index contributed by atoms with van der Waals surface area (Å²) in [6.45, 7) is 4.34. The Hall–Kier alpha value is -0.820. The summed E-state index contributed by atoms with van der Waals surface area (Å²) >= 11 is 0. The lowest BCUT2D eigenvalue weighted by Crippen LogP contribution is -2.14. The molecule has 17 heavy (non-hydrogen) atoms. The smallest absolute Gasteiger partial charge is 0.0329 e. The Morgan fingerprint density at radius 1 is 1.00 bits per heavy atom. The van der Waals surface area contributed by atoms with Crippen molar-refractivity contribution in [3.05, 3.63) is 34.9 Å². The van der Waals surface area contributed by atoms with Gasteiger partial charge in [-0.1, -0.05) is 42.2 Å². The van der Waals surface area contributed by atoms with E-state index in [1.165, 1.54) is 42.4 Å². The van der Waals surface area contributed by atoms with Gasteiger partial charge in [0, 0.05) is 6.04 Å². The summed E-state index contributed by atoms with van der Waals surface area (Å²) in [4.78, 5) is 0. The molecule has 3 atom stereocenters. The zero-order valence-electron chi connectivity index (χ0n) is 10.9. The summed E-state index contributed by atoms with van der Waals surface area (Å²) in [5, 5.41) is 0. The third kappa shape index (κ3) is 2.01. The highest BCUT2D eigenvalue weighted by atomic mass is 14.7. The van der Waals surface area contributed by atoms with Crippen molar-refractivity contribution >= 4 is 0 Å². The van der Waals surface area contributed by atoms with Crippen molar-refractivity contribution in [3.63, 3.8) is 0 Å². The largest absolute Gasteiger partial charge is 0.324 e. The summed E-state index contributed by atoms with van der Waals surface area (Å²) in [6, 6.07) is 7.07. The van der Waals surface area contributed by atoms with Gasteiger partial charge >= 0.3 is 0 Å². The lowest BCUT2D eigenvalue weighted by atomic mass is 9.97. The van der Waals surface area contributed by atoms with Crippen LogP contribution in [0.15, 0.2) is 18.2 Å². The third-order valence-electron chi connectivity index (χ3n) is 4.77. The van der Waals surface area contributed by atoms with Crippen molar-refractivity contribution in [1.29, 1.82) is 0 Å². The fraction of sp³-hybridized carbons (Fsp3) is 0.625. The van der Waals surface area contributed by atoms with E-state index in [1.807, 2.05) is 0 Å². The second kappa shape index (κ2) is 4.13. The first kappa shape index (κ1) is 11.3. The second-order valence-corrected chi connectivity index (χ2v) is 6.14. The predicted molar refractivity (Wildman–Crippen MR) is 71.8 cm³/mol. The van der Waals surface area contributed by atoms with Gasteiger partial charge in [-0.3, -0.25) is 0 Å². The highest BCUT2D eigenvalue weighted by Crippen LogP contribution is 2.59. The second-order valence-electron chi connectivity index (χ2n) is 6.14. The maximum atomic E-state index is 6.50. The topological polar surface area (TPSA) is 26.0 Å². The van der Waals surface area contributed by atoms with E-state index in [4.69, 9.17) is 5.73 Å². The van der Waals surface area contributed by atoms with Crippen LogP contribution in [0, 0.1) is 31.6 Å². The molecule has 1 aromatic rings. The molecular weight excluding hydrogens is 206 g/mol. The van der Waals surface area contributed by atoms with Gasteiger partial charge in [0.15, 0.2) is 0 Å². The van der Waals surface area contributed by atoms with E-state index in [2.05, 4.69) is 32.0 Å². The highest BCUT2D eigenvalue weighted by Gasteiger charge is 2.53. The van der Waals surface area contributed by atoms with E-state index in [9.17, 15) is 0 Å². The van der Waals surface area contributed by atoms with E-state index in [0.717, 1.165) is 17.8 Å². The number of rotatable bonds is 2. The van der Waals surface area contributed by atoms with Gasteiger partial charge in [-0.2, -0.15) is 0 Å². The summed E-state index contributed by atoms with van der Waals surface area (Å²) in [7, 11) is 0. The minimum absolute atomic E-state index is 0.279. The first-order valence-corrected chi connectivity index (χ1v) is 7.00. The summed E-state index contributed by atoms with van der Waals surface area (Å²) in [5.74, 6) is 2.66. The van der Waals surface area contributed by atoms with Crippen LogP contribution in [0.4, 0.5) is 0 Å². The fourth-order valence-corrected chi connectivity index (χ4v) is 4.00. The number of fused-ring (bicyclic) bond motifs is 1. The molecule has 3 rings (SSSR count). The lowest BCUT2D eigenvalue weighted by Gasteiger charge is -2.14. The van der Waals surface area contributed by atoms with Crippen molar-refractivity contribution < 1.29 is 0 Å². The van der Waals surface area contributed by atoms with Crippen molar-refractivity contribution in [1.82, 2.24) is 0 Å². The molecule has 2 fully saturated rings. The Morgan fingerprint density at radius 2 is 1.53 bits per heavy atom. The van der Waals surface area contributed by atoms with Gasteiger partial charge in [-0.25, -0.2) is 0 Å². The molecule has 0 heterocycles. The zero-order valence-corrected chi connectivity index (χ0v) is 10.9. The molecule has 1 aromatic carbocycles. The van der Waals surface area contributed by atoms with Crippen molar-refractivity contribution in [2.24, 2.45) is 23.5 Å². The first-order chi connectivity index (χ1) is 8.16. The van der Waals surface area contributed by atoms with Crippen LogP contribution in [0.5, 0.6) is 0 Å². The van der Waals surface area contributed by atoms with E-state index < -0.39 is 0 Å². The number of hydrogen-bond donors (Lipinski definition) is 1. The molecule has 2 N–H and O–H groups in total. The summed E-state index contributed by atoms with van der Waals surface area (Å²) < 4.78 is 0. The number of nitrogens with two attached hydrogens (primary N) is 1. The van der Waals surface area contributed by atoms with E-state index in [-0.39, 0.29) is 6.04 Å². The van der Waals surface area contributed by atoms with Crippen LogP contribution in [-0.4, -0.2) is 0 Å². The molecule has 0 spiro atoms. The maximum absolute atomic E-state index is 6.50. The van der Waals surface area contributed by atoms with Crippen LogP contribution >= 0.6 is 0 Å². The maximum Gasteiger partial charge on any atom is 0.0329 e. The number of hydrogen-bond acceptors (Lipinski definition) is 1. The molecule has 3 unspecified atom stereocenters. The van der Waals surface area contributed by atoms with Crippen molar-refractivity contribution in [2.45, 2.75) is 45.6 Å². The third-order valence-corrected chi connectivity index (χ3v) is 4.77. The molecule has 2 aliphatic rings. The van der Waals surface area contributed by atoms with E-state index in [1.54, 1.807) is 0 Å². The van der Waals surface area contributed by atoms with Crippen LogP contribution < -0.4 is 5.73 Å². The first-order valence-electron chi connectivity index (χ1n) is 7.00. The molecule has 1 nitrogen and oxygen atoms in total. The Morgan fingerprint density at radius 3 is 2.06 bits per heavy atom. The van der Waals surface area contributed by atoms with Gasteiger partial charge in [-0.05, 0) is 50.0 Å². The molecular formula is C16H23N. The number of benzene rings is 1. The lowest BCUT2D eigenvalue weighted by molar-refractivity contribution is 0.480. The standard InChI is InChI=1S/C16H23N/c1-10-7-11(2)9-12(8-10)16(17)15-13-5-3-4-6-14(13)15/h7-9,13-16H,3-6,17H2,1-2H3. The van der Waals surface area contributed by atoms with Crippen LogP contribution in [0.2, 0.25) is 0 Å². The van der Waals surface area contributed by atoms with Gasteiger partial charge in [0.2, 0.25) is 0 Å². The highest BCUT2D eigenvalue weighted by molar-refractivity contribution is 5.32. The van der Waals surface area contributed by atoms with Crippen molar-refractivity contribution in [2.75, 3.05) is 0 Å². The Balaban J connectivity index is 1.80. The fourth-order valence-electron chi connectivity index (χ4n) is 4.00. The average Bonchev–Trinajstić information content (AvgIpc) is 3.00. The van der Waals surface area contributed by atoms with Crippen LogP contribution in [-0.2, 0) is 0 Å². The summed E-state index contributed by atoms with van der Waals surface area (Å²) in [5.41, 5.74) is 10.6. The molecule has 0 amide bonds. The zero-order chi connectivity index (χ0) is 12.0. The summed E-state index contributed by atoms with van der Waals surface area (Å²) in [6.07, 6.45) is 5.70. The minimum atomic E-state index is 0.279. The molecule has 0 radical (unpaired) electrons. The molecule has 2 aliphatic carbocycles. The molecule has 1 heteroatoms. The molecule has 0 saturated heterocycles. The molecule has 0 aliphatic heterocycles. The quantitative estimate of drug-likeness (QED) is 0.821. The SMILES string of the molecule is Cc1cc(C)cc(C(N)C2C3CCCCC32)c1. The van der Waals surface area contributed by atoms with Crippen LogP contribution in [0.3, 0.4) is 0 Å².